The van der Waals surface area contributed by atoms with Gasteiger partial charge in [0.15, 0.2) is 0 Å². The molecule has 2 aromatic rings. The van der Waals surface area contributed by atoms with E-state index >= 15 is 0 Å². The van der Waals surface area contributed by atoms with E-state index in [0.717, 1.165) is 28.6 Å². The Morgan fingerprint density at radius 1 is 1.29 bits per heavy atom. The summed E-state index contributed by atoms with van der Waals surface area (Å²) in [6.07, 6.45) is 3.32. The lowest BCUT2D eigenvalue weighted by atomic mass is 9.99. The molecule has 2 N–H and O–H groups in total. The van der Waals surface area contributed by atoms with E-state index in [9.17, 15) is 9.59 Å². The van der Waals surface area contributed by atoms with E-state index in [1.807, 2.05) is 0 Å². The van der Waals surface area contributed by atoms with E-state index in [0.29, 0.717) is 12.2 Å². The van der Waals surface area contributed by atoms with Crippen molar-refractivity contribution in [2.24, 2.45) is 0 Å². The number of aromatic carboxylic acids is 1. The van der Waals surface area contributed by atoms with Crippen LogP contribution in [0.2, 0.25) is 0 Å². The summed E-state index contributed by atoms with van der Waals surface area (Å²) in [6, 6.07) is 6.65. The molecule has 0 radical (unpaired) electrons. The number of hydrogen-bond donors (Lipinski definition) is 2. The van der Waals surface area contributed by atoms with Crippen LogP contribution in [-0.4, -0.2) is 28.5 Å². The third-order valence-electron chi connectivity index (χ3n) is 3.57. The first-order valence-electron chi connectivity index (χ1n) is 6.58. The van der Waals surface area contributed by atoms with Crippen LogP contribution in [0.3, 0.4) is 0 Å². The Hall–Kier alpha value is -2.08. The number of aryl methyl sites for hydroxylation is 1. The minimum absolute atomic E-state index is 0.107. The van der Waals surface area contributed by atoms with Crippen LogP contribution in [0.5, 0.6) is 0 Å². The van der Waals surface area contributed by atoms with Crippen molar-refractivity contribution < 1.29 is 14.7 Å². The lowest BCUT2D eigenvalue weighted by Crippen LogP contribution is -2.35. The van der Waals surface area contributed by atoms with Crippen LogP contribution in [0.1, 0.15) is 32.8 Å². The van der Waals surface area contributed by atoms with Gasteiger partial charge >= 0.3 is 5.97 Å². The van der Waals surface area contributed by atoms with Gasteiger partial charge in [-0.1, -0.05) is 0 Å². The second kappa shape index (κ2) is 5.37. The summed E-state index contributed by atoms with van der Waals surface area (Å²) >= 11 is 3.31. The SMILES string of the molecule is O=C(O)c1ccc2c(c1)CCCN2C(=O)c1cc(Br)c[nH]1. The Bertz CT molecular complexity index is 723. The number of hydrogen-bond acceptors (Lipinski definition) is 2. The summed E-state index contributed by atoms with van der Waals surface area (Å²) in [7, 11) is 0. The number of benzene rings is 1. The van der Waals surface area contributed by atoms with Gasteiger partial charge in [0.05, 0.1) is 5.56 Å². The zero-order chi connectivity index (χ0) is 15.0. The van der Waals surface area contributed by atoms with E-state index in [-0.39, 0.29) is 11.5 Å². The molecule has 1 aromatic heterocycles. The molecular weight excluding hydrogens is 336 g/mol. The molecule has 1 aliphatic rings. The van der Waals surface area contributed by atoms with E-state index in [1.54, 1.807) is 29.3 Å². The molecule has 108 valence electrons. The number of halogens is 1. The van der Waals surface area contributed by atoms with Gasteiger partial charge in [-0.15, -0.1) is 0 Å². The normalized spacial score (nSPS) is 13.9. The van der Waals surface area contributed by atoms with Crippen molar-refractivity contribution in [1.82, 2.24) is 4.98 Å². The van der Waals surface area contributed by atoms with Crippen LogP contribution < -0.4 is 4.90 Å². The molecule has 2 heterocycles. The molecule has 0 bridgehead atoms. The first-order chi connectivity index (χ1) is 10.1. The zero-order valence-electron chi connectivity index (χ0n) is 11.1. The van der Waals surface area contributed by atoms with Crippen molar-refractivity contribution in [3.8, 4) is 0 Å². The molecule has 21 heavy (non-hydrogen) atoms. The fraction of sp³-hybridized carbons (Fsp3) is 0.200. The lowest BCUT2D eigenvalue weighted by Gasteiger charge is -2.29. The largest absolute Gasteiger partial charge is 0.478 e. The summed E-state index contributed by atoms with van der Waals surface area (Å²) in [4.78, 5) is 28.2. The predicted octanol–water partition coefficient (Wildman–Crippen LogP) is 3.07. The molecule has 1 aromatic carbocycles. The third-order valence-corrected chi connectivity index (χ3v) is 4.03. The molecule has 0 saturated carbocycles. The average molecular weight is 349 g/mol. The Labute approximate surface area is 129 Å². The smallest absolute Gasteiger partial charge is 0.335 e. The third kappa shape index (κ3) is 2.58. The summed E-state index contributed by atoms with van der Waals surface area (Å²) in [5.41, 5.74) is 2.46. The van der Waals surface area contributed by atoms with Crippen LogP contribution in [0.4, 0.5) is 5.69 Å². The number of fused-ring (bicyclic) bond motifs is 1. The van der Waals surface area contributed by atoms with Gasteiger partial charge in [0, 0.05) is 22.9 Å². The molecule has 3 rings (SSSR count). The molecule has 0 aliphatic carbocycles. The number of amides is 1. The highest BCUT2D eigenvalue weighted by atomic mass is 79.9. The number of aromatic amines is 1. The summed E-state index contributed by atoms with van der Waals surface area (Å²) in [5.74, 6) is -1.06. The maximum atomic E-state index is 12.6. The van der Waals surface area contributed by atoms with E-state index < -0.39 is 5.97 Å². The molecule has 1 amide bonds. The van der Waals surface area contributed by atoms with Gasteiger partial charge in [-0.05, 0) is 58.6 Å². The molecule has 5 nitrogen and oxygen atoms in total. The number of H-pyrrole nitrogens is 1. The molecule has 6 heteroatoms. The number of aromatic nitrogens is 1. The minimum atomic E-state index is -0.949. The van der Waals surface area contributed by atoms with Crippen molar-refractivity contribution in [1.29, 1.82) is 0 Å². The van der Waals surface area contributed by atoms with Crippen LogP contribution in [0.25, 0.3) is 0 Å². The highest BCUT2D eigenvalue weighted by molar-refractivity contribution is 9.10. The summed E-state index contributed by atoms with van der Waals surface area (Å²) in [5, 5.41) is 9.05. The number of nitrogens with one attached hydrogen (secondary N) is 1. The second-order valence-corrected chi connectivity index (χ2v) is 5.86. The number of carbonyl (C=O) groups excluding carboxylic acids is 1. The number of nitrogens with zero attached hydrogens (tertiary/aromatic N) is 1. The van der Waals surface area contributed by atoms with Gasteiger partial charge in [-0.25, -0.2) is 4.79 Å². The molecule has 0 fully saturated rings. The van der Waals surface area contributed by atoms with Crippen LogP contribution >= 0.6 is 15.9 Å². The number of anilines is 1. The van der Waals surface area contributed by atoms with Gasteiger partial charge in [0.25, 0.3) is 5.91 Å². The predicted molar refractivity (Wildman–Crippen MR) is 81.9 cm³/mol. The molecule has 0 spiro atoms. The Balaban J connectivity index is 1.97. The Morgan fingerprint density at radius 3 is 2.76 bits per heavy atom. The molecule has 0 unspecified atom stereocenters. The first kappa shape index (κ1) is 13.9. The summed E-state index contributed by atoms with van der Waals surface area (Å²) in [6.45, 7) is 0.634. The average Bonchev–Trinajstić information content (AvgIpc) is 2.91. The fourth-order valence-corrected chi connectivity index (χ4v) is 2.92. The number of rotatable bonds is 2. The molecule has 1 aliphatic heterocycles. The minimum Gasteiger partial charge on any atom is -0.478 e. The van der Waals surface area contributed by atoms with Crippen LogP contribution in [0, 0.1) is 0 Å². The molecule has 0 atom stereocenters. The first-order valence-corrected chi connectivity index (χ1v) is 7.37. The Morgan fingerprint density at radius 2 is 2.10 bits per heavy atom. The van der Waals surface area contributed by atoms with E-state index in [1.165, 1.54) is 6.07 Å². The van der Waals surface area contributed by atoms with Crippen LogP contribution in [-0.2, 0) is 6.42 Å². The number of carbonyl (C=O) groups is 2. The van der Waals surface area contributed by atoms with Crippen molar-refractivity contribution >= 4 is 33.5 Å². The quantitative estimate of drug-likeness (QED) is 0.875. The van der Waals surface area contributed by atoms with Crippen molar-refractivity contribution in [2.45, 2.75) is 12.8 Å². The van der Waals surface area contributed by atoms with Gasteiger partial charge in [0.1, 0.15) is 5.69 Å². The highest BCUT2D eigenvalue weighted by Crippen LogP contribution is 2.29. The van der Waals surface area contributed by atoms with Gasteiger partial charge in [-0.3, -0.25) is 4.79 Å². The zero-order valence-corrected chi connectivity index (χ0v) is 12.7. The maximum absolute atomic E-state index is 12.6. The van der Waals surface area contributed by atoms with Crippen LogP contribution in [0.15, 0.2) is 34.9 Å². The monoisotopic (exact) mass is 348 g/mol. The highest BCUT2D eigenvalue weighted by Gasteiger charge is 2.25. The van der Waals surface area contributed by atoms with Gasteiger partial charge < -0.3 is 15.0 Å². The lowest BCUT2D eigenvalue weighted by molar-refractivity contribution is 0.0696. The fourth-order valence-electron chi connectivity index (χ4n) is 2.58. The molecular formula is C15H13BrN2O3. The van der Waals surface area contributed by atoms with Crippen molar-refractivity contribution in [3.63, 3.8) is 0 Å². The standard InChI is InChI=1S/C15H13BrN2O3/c16-11-7-12(17-8-11)14(19)18-5-1-2-9-6-10(15(20)21)3-4-13(9)18/h3-4,6-8,17H,1-2,5H2,(H,20,21). The van der Waals surface area contributed by atoms with Gasteiger partial charge in [0.2, 0.25) is 0 Å². The van der Waals surface area contributed by atoms with E-state index in [2.05, 4.69) is 20.9 Å². The number of carboxylic acid groups (broad SMARTS) is 1. The molecule has 0 saturated heterocycles. The second-order valence-electron chi connectivity index (χ2n) is 4.94. The van der Waals surface area contributed by atoms with Crippen molar-refractivity contribution in [2.75, 3.05) is 11.4 Å². The topological polar surface area (TPSA) is 73.4 Å². The maximum Gasteiger partial charge on any atom is 0.335 e. The Kier molecular flexibility index (Phi) is 3.55. The number of carboxylic acids is 1. The van der Waals surface area contributed by atoms with E-state index in [4.69, 9.17) is 5.11 Å². The summed E-state index contributed by atoms with van der Waals surface area (Å²) < 4.78 is 0.823. The van der Waals surface area contributed by atoms with Crippen molar-refractivity contribution in [3.05, 3.63) is 51.8 Å². The van der Waals surface area contributed by atoms with Gasteiger partial charge in [-0.2, -0.15) is 0 Å².